The third-order valence-corrected chi connectivity index (χ3v) is 4.86. The number of ether oxygens (including phenoxy) is 1. The highest BCUT2D eigenvalue weighted by Gasteiger charge is 2.14. The molecule has 2 aromatic rings. The molecule has 0 spiro atoms. The molecule has 5 heteroatoms. The first-order valence-electron chi connectivity index (χ1n) is 9.39. The van der Waals surface area contributed by atoms with Crippen molar-refractivity contribution in [1.29, 1.82) is 0 Å². The van der Waals surface area contributed by atoms with Crippen LogP contribution in [0.1, 0.15) is 48.0 Å². The summed E-state index contributed by atoms with van der Waals surface area (Å²) in [5, 5.41) is 6.41. The minimum absolute atomic E-state index is 0.100. The summed E-state index contributed by atoms with van der Waals surface area (Å²) in [4.78, 5) is 16.7. The molecule has 1 aliphatic carbocycles. The number of hydrogen-bond acceptors (Lipinski definition) is 4. The molecule has 3 rings (SSSR count). The van der Waals surface area contributed by atoms with Crippen LogP contribution < -0.4 is 15.4 Å². The molecule has 0 aliphatic heterocycles. The maximum Gasteiger partial charge on any atom is 0.252 e. The summed E-state index contributed by atoms with van der Waals surface area (Å²) >= 11 is 0. The van der Waals surface area contributed by atoms with Crippen LogP contribution in [0.5, 0.6) is 5.75 Å². The largest absolute Gasteiger partial charge is 0.496 e. The summed E-state index contributed by atoms with van der Waals surface area (Å²) in [5.41, 5.74) is 1.67. The quantitative estimate of drug-likeness (QED) is 0.794. The van der Waals surface area contributed by atoms with Gasteiger partial charge in [-0.15, -0.1) is 0 Å². The monoisotopic (exact) mass is 353 g/mol. The molecule has 0 unspecified atom stereocenters. The van der Waals surface area contributed by atoms with E-state index in [1.807, 2.05) is 36.4 Å². The molecule has 1 heterocycles. The van der Waals surface area contributed by atoms with Gasteiger partial charge in [-0.25, -0.2) is 4.98 Å². The summed E-state index contributed by atoms with van der Waals surface area (Å²) in [6, 6.07) is 12.1. The summed E-state index contributed by atoms with van der Waals surface area (Å²) in [5.74, 6) is 1.60. The van der Waals surface area contributed by atoms with Gasteiger partial charge < -0.3 is 15.4 Å². The van der Waals surface area contributed by atoms with E-state index in [1.54, 1.807) is 13.3 Å². The fraction of sp³-hybridized carbons (Fsp3) is 0.429. The fourth-order valence-corrected chi connectivity index (χ4v) is 3.39. The molecule has 26 heavy (non-hydrogen) atoms. The molecule has 1 amide bonds. The van der Waals surface area contributed by atoms with E-state index in [0.29, 0.717) is 18.2 Å². The molecule has 1 fully saturated rings. The Morgan fingerprint density at radius 2 is 1.96 bits per heavy atom. The van der Waals surface area contributed by atoms with E-state index < -0.39 is 0 Å². The minimum atomic E-state index is -0.100. The van der Waals surface area contributed by atoms with Crippen molar-refractivity contribution in [3.05, 3.63) is 53.7 Å². The predicted octanol–water partition coefficient (Wildman–Crippen LogP) is 3.81. The van der Waals surface area contributed by atoms with E-state index in [-0.39, 0.29) is 5.91 Å². The van der Waals surface area contributed by atoms with Gasteiger partial charge in [-0.2, -0.15) is 0 Å². The van der Waals surface area contributed by atoms with Crippen molar-refractivity contribution in [3.63, 3.8) is 0 Å². The van der Waals surface area contributed by atoms with Crippen molar-refractivity contribution in [2.75, 3.05) is 19.0 Å². The number of anilines is 1. The van der Waals surface area contributed by atoms with Crippen LogP contribution in [0.4, 0.5) is 5.82 Å². The summed E-state index contributed by atoms with van der Waals surface area (Å²) in [6.07, 6.45) is 8.67. The van der Waals surface area contributed by atoms with Crippen LogP contribution in [-0.2, 0) is 6.42 Å². The van der Waals surface area contributed by atoms with Gasteiger partial charge in [0.2, 0.25) is 0 Å². The lowest BCUT2D eigenvalue weighted by molar-refractivity contribution is 0.0953. The van der Waals surface area contributed by atoms with Gasteiger partial charge >= 0.3 is 0 Å². The predicted molar refractivity (Wildman–Crippen MR) is 104 cm³/mol. The Kier molecular flexibility index (Phi) is 6.47. The van der Waals surface area contributed by atoms with Crippen molar-refractivity contribution >= 4 is 11.7 Å². The Labute approximate surface area is 155 Å². The molecule has 1 saturated carbocycles. The van der Waals surface area contributed by atoms with Crippen LogP contribution in [0.25, 0.3) is 0 Å². The van der Waals surface area contributed by atoms with Gasteiger partial charge in [-0.05, 0) is 43.0 Å². The number of rotatable bonds is 7. The molecule has 0 bridgehead atoms. The molecule has 0 atom stereocenters. The number of pyridine rings is 1. The average Bonchev–Trinajstić information content (AvgIpc) is 2.69. The number of hydrogen-bond donors (Lipinski definition) is 2. The van der Waals surface area contributed by atoms with E-state index >= 15 is 0 Å². The molecule has 1 aliphatic rings. The number of nitrogens with zero attached hydrogens (tertiary/aromatic N) is 1. The van der Waals surface area contributed by atoms with Crippen molar-refractivity contribution < 1.29 is 9.53 Å². The second-order valence-electron chi connectivity index (χ2n) is 6.73. The van der Waals surface area contributed by atoms with Crippen LogP contribution in [0.3, 0.4) is 0 Å². The van der Waals surface area contributed by atoms with Gasteiger partial charge in [-0.3, -0.25) is 4.79 Å². The van der Waals surface area contributed by atoms with Crippen LogP contribution in [0, 0.1) is 0 Å². The number of carbonyl (C=O) groups excluding carboxylic acids is 1. The maximum absolute atomic E-state index is 12.3. The van der Waals surface area contributed by atoms with Crippen molar-refractivity contribution in [1.82, 2.24) is 10.3 Å². The number of amides is 1. The second kappa shape index (κ2) is 9.22. The maximum atomic E-state index is 12.3. The Balaban J connectivity index is 1.48. The smallest absolute Gasteiger partial charge is 0.252 e. The Bertz CT molecular complexity index is 709. The lowest BCUT2D eigenvalue weighted by Crippen LogP contribution is -2.26. The molecular weight excluding hydrogens is 326 g/mol. The van der Waals surface area contributed by atoms with Gasteiger partial charge in [0.05, 0.1) is 12.7 Å². The normalized spacial score (nSPS) is 14.7. The second-order valence-corrected chi connectivity index (χ2v) is 6.73. The number of nitrogens with one attached hydrogen (secondary N) is 2. The molecule has 2 N–H and O–H groups in total. The highest BCUT2D eigenvalue weighted by molar-refractivity contribution is 5.94. The lowest BCUT2D eigenvalue weighted by Gasteiger charge is -2.23. The molecule has 5 nitrogen and oxygen atoms in total. The van der Waals surface area contributed by atoms with Gasteiger partial charge in [0, 0.05) is 18.8 Å². The lowest BCUT2D eigenvalue weighted by atomic mass is 9.95. The van der Waals surface area contributed by atoms with Gasteiger partial charge in [0.15, 0.2) is 0 Å². The van der Waals surface area contributed by atoms with Gasteiger partial charge in [-0.1, -0.05) is 37.5 Å². The van der Waals surface area contributed by atoms with E-state index in [2.05, 4.69) is 15.6 Å². The highest BCUT2D eigenvalue weighted by Crippen LogP contribution is 2.21. The van der Waals surface area contributed by atoms with Crippen LogP contribution in [-0.4, -0.2) is 30.6 Å². The first-order valence-corrected chi connectivity index (χ1v) is 9.39. The summed E-state index contributed by atoms with van der Waals surface area (Å²) in [6.45, 7) is 0.557. The zero-order valence-electron chi connectivity index (χ0n) is 15.3. The highest BCUT2D eigenvalue weighted by atomic mass is 16.5. The fourth-order valence-electron chi connectivity index (χ4n) is 3.39. The standard InChI is InChI=1S/C21H27N3O2/c1-26-19-10-6-5-7-16(19)13-14-22-21(25)17-11-12-20(23-15-17)24-18-8-3-2-4-9-18/h5-7,10-12,15,18H,2-4,8-9,13-14H2,1H3,(H,22,25)(H,23,24). The Morgan fingerprint density at radius 1 is 1.15 bits per heavy atom. The van der Waals surface area contributed by atoms with Crippen molar-refractivity contribution in [2.24, 2.45) is 0 Å². The third kappa shape index (κ3) is 4.97. The zero-order valence-corrected chi connectivity index (χ0v) is 15.3. The zero-order chi connectivity index (χ0) is 18.2. The van der Waals surface area contributed by atoms with Gasteiger partial charge in [0.25, 0.3) is 5.91 Å². The Hall–Kier alpha value is -2.56. The topological polar surface area (TPSA) is 63.2 Å². The third-order valence-electron chi connectivity index (χ3n) is 4.86. The van der Waals surface area contributed by atoms with Crippen LogP contribution >= 0.6 is 0 Å². The van der Waals surface area contributed by atoms with E-state index in [1.165, 1.54) is 32.1 Å². The number of benzene rings is 1. The number of aromatic nitrogens is 1. The van der Waals surface area contributed by atoms with Crippen molar-refractivity contribution in [2.45, 2.75) is 44.6 Å². The van der Waals surface area contributed by atoms with E-state index in [4.69, 9.17) is 4.74 Å². The molecule has 1 aromatic carbocycles. The average molecular weight is 353 g/mol. The molecule has 0 saturated heterocycles. The van der Waals surface area contributed by atoms with Crippen molar-refractivity contribution in [3.8, 4) is 5.75 Å². The molecule has 0 radical (unpaired) electrons. The number of carbonyl (C=O) groups is 1. The Morgan fingerprint density at radius 3 is 2.69 bits per heavy atom. The van der Waals surface area contributed by atoms with E-state index in [0.717, 1.165) is 23.6 Å². The van der Waals surface area contributed by atoms with E-state index in [9.17, 15) is 4.79 Å². The summed E-state index contributed by atoms with van der Waals surface area (Å²) in [7, 11) is 1.66. The van der Waals surface area contributed by atoms with Crippen LogP contribution in [0.2, 0.25) is 0 Å². The first-order chi connectivity index (χ1) is 12.8. The van der Waals surface area contributed by atoms with Crippen LogP contribution in [0.15, 0.2) is 42.6 Å². The molecular formula is C21H27N3O2. The minimum Gasteiger partial charge on any atom is -0.496 e. The molecule has 1 aromatic heterocycles. The number of para-hydroxylation sites is 1. The first kappa shape index (κ1) is 18.2. The summed E-state index contributed by atoms with van der Waals surface area (Å²) < 4.78 is 5.33. The van der Waals surface area contributed by atoms with Gasteiger partial charge in [0.1, 0.15) is 11.6 Å². The SMILES string of the molecule is COc1ccccc1CCNC(=O)c1ccc(NC2CCCCC2)nc1. The number of methoxy groups -OCH3 is 1. The molecule has 138 valence electrons.